The highest BCUT2D eigenvalue weighted by atomic mass is 35.5. The molecular weight excluding hydrogens is 258 g/mol. The molecule has 1 fully saturated rings. The zero-order valence-corrected chi connectivity index (χ0v) is 12.7. The highest BCUT2D eigenvalue weighted by molar-refractivity contribution is 6.33. The Bertz CT molecular complexity index is 420. The number of nitrogens with zero attached hydrogens (tertiary/aromatic N) is 2. The van der Waals surface area contributed by atoms with Gasteiger partial charge in [-0.1, -0.05) is 25.4 Å². The van der Waals surface area contributed by atoms with Crippen LogP contribution in [0.25, 0.3) is 0 Å². The number of nitrogens with two attached hydrogens (primary N) is 1. The number of pyridine rings is 1. The van der Waals surface area contributed by atoms with Gasteiger partial charge in [-0.2, -0.15) is 0 Å². The Labute approximate surface area is 121 Å². The Hall–Kier alpha value is -0.800. The van der Waals surface area contributed by atoms with Crippen LogP contribution in [0.5, 0.6) is 0 Å². The second-order valence-electron chi connectivity index (χ2n) is 5.78. The smallest absolute Gasteiger partial charge is 0.147 e. The van der Waals surface area contributed by atoms with Crippen molar-refractivity contribution in [3.8, 4) is 0 Å². The second kappa shape index (κ2) is 6.58. The van der Waals surface area contributed by atoms with Crippen molar-refractivity contribution < 1.29 is 0 Å². The van der Waals surface area contributed by atoms with Crippen LogP contribution in [0, 0.1) is 11.8 Å². The topological polar surface area (TPSA) is 42.2 Å². The molecule has 106 valence electrons. The maximum absolute atomic E-state index is 6.33. The van der Waals surface area contributed by atoms with E-state index in [1.54, 1.807) is 0 Å². The Morgan fingerprint density at radius 3 is 2.84 bits per heavy atom. The second-order valence-corrected chi connectivity index (χ2v) is 6.18. The molecule has 1 saturated heterocycles. The normalized spacial score (nSPS) is 20.7. The molecule has 1 unspecified atom stereocenters. The van der Waals surface area contributed by atoms with Crippen LogP contribution in [0.4, 0.5) is 5.82 Å². The van der Waals surface area contributed by atoms with Crippen molar-refractivity contribution in [3.63, 3.8) is 0 Å². The molecular formula is C15H24ClN3. The van der Waals surface area contributed by atoms with E-state index in [4.69, 9.17) is 17.3 Å². The minimum atomic E-state index is 0.489. The largest absolute Gasteiger partial charge is 0.355 e. The fraction of sp³-hybridized carbons (Fsp3) is 0.667. The van der Waals surface area contributed by atoms with E-state index in [-0.39, 0.29) is 0 Å². The first-order valence-electron chi connectivity index (χ1n) is 7.21. The van der Waals surface area contributed by atoms with Gasteiger partial charge in [0.2, 0.25) is 0 Å². The monoisotopic (exact) mass is 281 g/mol. The van der Waals surface area contributed by atoms with E-state index in [9.17, 15) is 0 Å². The molecule has 0 radical (unpaired) electrons. The van der Waals surface area contributed by atoms with Crippen molar-refractivity contribution in [2.24, 2.45) is 17.6 Å². The third-order valence-electron chi connectivity index (χ3n) is 4.13. The zero-order chi connectivity index (χ0) is 13.8. The Morgan fingerprint density at radius 1 is 1.42 bits per heavy atom. The van der Waals surface area contributed by atoms with Gasteiger partial charge in [0, 0.05) is 25.8 Å². The van der Waals surface area contributed by atoms with Crippen LogP contribution in [0.15, 0.2) is 12.3 Å². The summed E-state index contributed by atoms with van der Waals surface area (Å²) in [6, 6.07) is 1.94. The molecule has 3 nitrogen and oxygen atoms in total. The summed E-state index contributed by atoms with van der Waals surface area (Å²) in [6.45, 7) is 7.24. The summed E-state index contributed by atoms with van der Waals surface area (Å²) in [5.41, 5.74) is 6.60. The van der Waals surface area contributed by atoms with Crippen LogP contribution in [-0.4, -0.2) is 18.1 Å². The molecule has 0 bridgehead atoms. The van der Waals surface area contributed by atoms with Gasteiger partial charge in [0.1, 0.15) is 5.82 Å². The van der Waals surface area contributed by atoms with E-state index in [2.05, 4.69) is 23.7 Å². The van der Waals surface area contributed by atoms with E-state index in [1.807, 2.05) is 12.3 Å². The lowest BCUT2D eigenvalue weighted by Crippen LogP contribution is -2.26. The molecule has 1 aromatic heterocycles. The average Bonchev–Trinajstić information content (AvgIpc) is 2.64. The minimum absolute atomic E-state index is 0.489. The lowest BCUT2D eigenvalue weighted by molar-refractivity contribution is 0.351. The highest BCUT2D eigenvalue weighted by Gasteiger charge is 2.21. The first-order chi connectivity index (χ1) is 9.11. The van der Waals surface area contributed by atoms with Crippen molar-refractivity contribution in [1.29, 1.82) is 0 Å². The average molecular weight is 282 g/mol. The quantitative estimate of drug-likeness (QED) is 0.923. The third-order valence-corrected chi connectivity index (χ3v) is 4.41. The van der Waals surface area contributed by atoms with E-state index in [0.29, 0.717) is 6.54 Å². The van der Waals surface area contributed by atoms with Crippen molar-refractivity contribution >= 4 is 17.4 Å². The summed E-state index contributed by atoms with van der Waals surface area (Å²) < 4.78 is 0. The highest BCUT2D eigenvalue weighted by Crippen LogP contribution is 2.30. The molecule has 2 rings (SSSR count). The molecule has 2 heterocycles. The number of anilines is 1. The van der Waals surface area contributed by atoms with Crippen LogP contribution in [-0.2, 0) is 6.54 Å². The standard InChI is InChI=1S/C15H24ClN3/c1-11(2)13-4-3-6-19(7-5-13)15-14(16)8-12(9-17)10-18-15/h8,10-11,13H,3-7,9,17H2,1-2H3. The van der Waals surface area contributed by atoms with Gasteiger partial charge in [-0.15, -0.1) is 0 Å². The van der Waals surface area contributed by atoms with Crippen LogP contribution >= 0.6 is 11.6 Å². The van der Waals surface area contributed by atoms with Gasteiger partial charge in [-0.05, 0) is 42.7 Å². The molecule has 1 atom stereocenters. The SMILES string of the molecule is CC(C)C1CCCN(c2ncc(CN)cc2Cl)CC1. The van der Waals surface area contributed by atoms with Crippen molar-refractivity contribution in [1.82, 2.24) is 4.98 Å². The van der Waals surface area contributed by atoms with Gasteiger partial charge < -0.3 is 10.6 Å². The fourth-order valence-corrected chi connectivity index (χ4v) is 3.12. The van der Waals surface area contributed by atoms with Crippen LogP contribution in [0.3, 0.4) is 0 Å². The molecule has 0 saturated carbocycles. The van der Waals surface area contributed by atoms with Crippen molar-refractivity contribution in [2.45, 2.75) is 39.7 Å². The van der Waals surface area contributed by atoms with E-state index in [1.165, 1.54) is 19.3 Å². The van der Waals surface area contributed by atoms with Gasteiger partial charge >= 0.3 is 0 Å². The van der Waals surface area contributed by atoms with Gasteiger partial charge in [-0.3, -0.25) is 0 Å². The Kier molecular flexibility index (Phi) is 5.06. The number of hydrogen-bond donors (Lipinski definition) is 1. The van der Waals surface area contributed by atoms with E-state index < -0.39 is 0 Å². The van der Waals surface area contributed by atoms with Crippen molar-refractivity contribution in [2.75, 3.05) is 18.0 Å². The van der Waals surface area contributed by atoms with Crippen LogP contribution in [0.1, 0.15) is 38.7 Å². The van der Waals surface area contributed by atoms with Crippen LogP contribution in [0.2, 0.25) is 5.02 Å². The summed E-state index contributed by atoms with van der Waals surface area (Å²) in [5.74, 6) is 2.51. The Balaban J connectivity index is 2.10. The predicted molar refractivity (Wildman–Crippen MR) is 81.5 cm³/mol. The summed E-state index contributed by atoms with van der Waals surface area (Å²) in [6.07, 6.45) is 5.60. The molecule has 2 N–H and O–H groups in total. The number of rotatable bonds is 3. The number of hydrogen-bond acceptors (Lipinski definition) is 3. The lowest BCUT2D eigenvalue weighted by atomic mass is 9.89. The zero-order valence-electron chi connectivity index (χ0n) is 11.9. The lowest BCUT2D eigenvalue weighted by Gasteiger charge is -2.23. The minimum Gasteiger partial charge on any atom is -0.355 e. The van der Waals surface area contributed by atoms with E-state index >= 15 is 0 Å². The summed E-state index contributed by atoms with van der Waals surface area (Å²) in [4.78, 5) is 6.82. The van der Waals surface area contributed by atoms with Gasteiger partial charge in [0.15, 0.2) is 0 Å². The van der Waals surface area contributed by atoms with Gasteiger partial charge in [0.25, 0.3) is 0 Å². The maximum atomic E-state index is 6.33. The summed E-state index contributed by atoms with van der Waals surface area (Å²) in [5, 5.41) is 0.728. The Morgan fingerprint density at radius 2 is 2.21 bits per heavy atom. The molecule has 1 aliphatic rings. The van der Waals surface area contributed by atoms with Crippen LogP contribution < -0.4 is 10.6 Å². The molecule has 0 aliphatic carbocycles. The van der Waals surface area contributed by atoms with Gasteiger partial charge in [-0.25, -0.2) is 4.98 Å². The number of aromatic nitrogens is 1. The first kappa shape index (κ1) is 14.6. The molecule has 1 aliphatic heterocycles. The summed E-state index contributed by atoms with van der Waals surface area (Å²) in [7, 11) is 0. The molecule has 4 heteroatoms. The van der Waals surface area contributed by atoms with E-state index in [0.717, 1.165) is 41.3 Å². The molecule has 0 aromatic carbocycles. The molecule has 0 spiro atoms. The van der Waals surface area contributed by atoms with Crippen molar-refractivity contribution in [3.05, 3.63) is 22.8 Å². The molecule has 1 aromatic rings. The maximum Gasteiger partial charge on any atom is 0.147 e. The van der Waals surface area contributed by atoms with Gasteiger partial charge in [0.05, 0.1) is 5.02 Å². The fourth-order valence-electron chi connectivity index (χ4n) is 2.82. The third kappa shape index (κ3) is 3.61. The predicted octanol–water partition coefficient (Wildman–Crippen LogP) is 3.46. The molecule has 19 heavy (non-hydrogen) atoms. The molecule has 0 amide bonds. The number of halogens is 1. The first-order valence-corrected chi connectivity index (χ1v) is 7.59. The summed E-state index contributed by atoms with van der Waals surface area (Å²) >= 11 is 6.33.